The summed E-state index contributed by atoms with van der Waals surface area (Å²) < 4.78 is 5.42. The van der Waals surface area contributed by atoms with Gasteiger partial charge in [-0.2, -0.15) is 0 Å². The second-order valence-electron chi connectivity index (χ2n) is 4.59. The number of benzene rings is 1. The lowest BCUT2D eigenvalue weighted by Crippen LogP contribution is -2.13. The Bertz CT molecular complexity index is 336. The van der Waals surface area contributed by atoms with E-state index in [4.69, 9.17) is 10.5 Å². The van der Waals surface area contributed by atoms with Gasteiger partial charge in [0.25, 0.3) is 0 Å². The molecule has 0 radical (unpaired) electrons. The van der Waals surface area contributed by atoms with Gasteiger partial charge in [-0.15, -0.1) is 0 Å². The van der Waals surface area contributed by atoms with Crippen LogP contribution in [0.4, 0.5) is 0 Å². The first-order valence-corrected chi connectivity index (χ1v) is 5.94. The van der Waals surface area contributed by atoms with E-state index in [-0.39, 0.29) is 0 Å². The maximum absolute atomic E-state index is 5.61. The van der Waals surface area contributed by atoms with Crippen LogP contribution in [0.25, 0.3) is 0 Å². The molecule has 0 saturated carbocycles. The molecule has 2 nitrogen and oxygen atoms in total. The number of hydrogen-bond donors (Lipinski definition) is 1. The van der Waals surface area contributed by atoms with Gasteiger partial charge in [-0.1, -0.05) is 31.5 Å². The van der Waals surface area contributed by atoms with Crippen LogP contribution in [0, 0.1) is 12.8 Å². The summed E-state index contributed by atoms with van der Waals surface area (Å²) in [4.78, 5) is 0. The average molecular weight is 221 g/mol. The third-order valence-electron chi connectivity index (χ3n) is 3.35. The molecule has 1 aromatic carbocycles. The summed E-state index contributed by atoms with van der Waals surface area (Å²) in [6.45, 7) is 7.36. The maximum Gasteiger partial charge on any atom is 0.122 e. The highest BCUT2D eigenvalue weighted by molar-refractivity contribution is 5.39. The molecule has 0 spiro atoms. The topological polar surface area (TPSA) is 35.2 Å². The fourth-order valence-electron chi connectivity index (χ4n) is 2.03. The van der Waals surface area contributed by atoms with Gasteiger partial charge in [0.1, 0.15) is 5.75 Å². The van der Waals surface area contributed by atoms with E-state index >= 15 is 0 Å². The summed E-state index contributed by atoms with van der Waals surface area (Å²) in [7, 11) is 1.73. The minimum absolute atomic E-state index is 0.485. The van der Waals surface area contributed by atoms with Crippen LogP contribution >= 0.6 is 0 Å². The average Bonchev–Trinajstić information content (AvgIpc) is 2.28. The standard InChI is InChI=1S/C14H23NO/c1-10-5-6-14(16-4)13(9-10)12(3)11(2)7-8-15/h5-6,9,11-12H,7-8,15H2,1-4H3. The van der Waals surface area contributed by atoms with Crippen LogP contribution < -0.4 is 10.5 Å². The third-order valence-corrected chi connectivity index (χ3v) is 3.35. The van der Waals surface area contributed by atoms with E-state index in [1.54, 1.807) is 7.11 Å². The molecular weight excluding hydrogens is 198 g/mol. The summed E-state index contributed by atoms with van der Waals surface area (Å²) in [5.74, 6) is 2.06. The highest BCUT2D eigenvalue weighted by atomic mass is 16.5. The van der Waals surface area contributed by atoms with Crippen molar-refractivity contribution in [3.63, 3.8) is 0 Å². The monoisotopic (exact) mass is 221 g/mol. The van der Waals surface area contributed by atoms with Crippen LogP contribution in [0.3, 0.4) is 0 Å². The molecule has 0 aliphatic heterocycles. The van der Waals surface area contributed by atoms with Gasteiger partial charge in [-0.25, -0.2) is 0 Å². The fraction of sp³-hybridized carbons (Fsp3) is 0.571. The molecule has 0 saturated heterocycles. The normalized spacial score (nSPS) is 14.6. The van der Waals surface area contributed by atoms with Crippen molar-refractivity contribution in [2.75, 3.05) is 13.7 Å². The van der Waals surface area contributed by atoms with Crippen LogP contribution in [-0.2, 0) is 0 Å². The Hall–Kier alpha value is -1.02. The van der Waals surface area contributed by atoms with E-state index in [9.17, 15) is 0 Å². The maximum atomic E-state index is 5.61. The Balaban J connectivity index is 2.96. The molecule has 1 aromatic rings. The number of hydrogen-bond acceptors (Lipinski definition) is 2. The van der Waals surface area contributed by atoms with Crippen molar-refractivity contribution in [3.8, 4) is 5.75 Å². The quantitative estimate of drug-likeness (QED) is 0.829. The summed E-state index contributed by atoms with van der Waals surface area (Å²) >= 11 is 0. The molecule has 1 rings (SSSR count). The van der Waals surface area contributed by atoms with Gasteiger partial charge >= 0.3 is 0 Å². The summed E-state index contributed by atoms with van der Waals surface area (Å²) in [6.07, 6.45) is 1.05. The zero-order valence-electron chi connectivity index (χ0n) is 10.8. The lowest BCUT2D eigenvalue weighted by molar-refractivity contribution is 0.390. The van der Waals surface area contributed by atoms with Crippen molar-refractivity contribution >= 4 is 0 Å². The largest absolute Gasteiger partial charge is 0.496 e. The second-order valence-corrected chi connectivity index (χ2v) is 4.59. The summed E-state index contributed by atoms with van der Waals surface area (Å²) in [5.41, 5.74) is 8.19. The first-order chi connectivity index (χ1) is 7.60. The van der Waals surface area contributed by atoms with E-state index in [1.807, 2.05) is 0 Å². The van der Waals surface area contributed by atoms with E-state index in [0.29, 0.717) is 11.8 Å². The molecule has 0 aliphatic carbocycles. The van der Waals surface area contributed by atoms with E-state index < -0.39 is 0 Å². The first kappa shape index (κ1) is 13.0. The molecule has 16 heavy (non-hydrogen) atoms. The van der Waals surface area contributed by atoms with E-state index in [1.165, 1.54) is 11.1 Å². The van der Waals surface area contributed by atoms with E-state index in [2.05, 4.69) is 39.0 Å². The minimum Gasteiger partial charge on any atom is -0.496 e. The molecule has 2 N–H and O–H groups in total. The molecule has 2 atom stereocenters. The van der Waals surface area contributed by atoms with Crippen molar-refractivity contribution < 1.29 is 4.74 Å². The number of aryl methyl sites for hydroxylation is 1. The second kappa shape index (κ2) is 5.90. The van der Waals surface area contributed by atoms with Crippen LogP contribution in [0.15, 0.2) is 18.2 Å². The van der Waals surface area contributed by atoms with E-state index in [0.717, 1.165) is 18.7 Å². The van der Waals surface area contributed by atoms with Gasteiger partial charge in [0, 0.05) is 0 Å². The summed E-state index contributed by atoms with van der Waals surface area (Å²) in [5, 5.41) is 0. The first-order valence-electron chi connectivity index (χ1n) is 5.94. The van der Waals surface area contributed by atoms with Gasteiger partial charge in [0.2, 0.25) is 0 Å². The Morgan fingerprint density at radius 3 is 2.56 bits per heavy atom. The predicted octanol–water partition coefficient (Wildman–Crippen LogP) is 3.09. The van der Waals surface area contributed by atoms with Gasteiger partial charge in [0.15, 0.2) is 0 Å². The van der Waals surface area contributed by atoms with Crippen LogP contribution in [-0.4, -0.2) is 13.7 Å². The van der Waals surface area contributed by atoms with Crippen LogP contribution in [0.1, 0.15) is 37.3 Å². The van der Waals surface area contributed by atoms with Crippen molar-refractivity contribution in [2.45, 2.75) is 33.1 Å². The highest BCUT2D eigenvalue weighted by Gasteiger charge is 2.17. The molecule has 90 valence electrons. The number of rotatable bonds is 5. The SMILES string of the molecule is COc1ccc(C)cc1C(C)C(C)CCN. The van der Waals surface area contributed by atoms with Crippen molar-refractivity contribution in [3.05, 3.63) is 29.3 Å². The third kappa shape index (κ3) is 2.99. The van der Waals surface area contributed by atoms with Crippen molar-refractivity contribution in [1.29, 1.82) is 0 Å². The zero-order valence-corrected chi connectivity index (χ0v) is 10.8. The lowest BCUT2D eigenvalue weighted by Gasteiger charge is -2.22. The Labute approximate surface area is 98.8 Å². The molecule has 0 aromatic heterocycles. The lowest BCUT2D eigenvalue weighted by atomic mass is 9.85. The molecule has 0 fully saturated rings. The predicted molar refractivity (Wildman–Crippen MR) is 69.0 cm³/mol. The summed E-state index contributed by atoms with van der Waals surface area (Å²) in [6, 6.07) is 6.36. The fourth-order valence-corrected chi connectivity index (χ4v) is 2.03. The highest BCUT2D eigenvalue weighted by Crippen LogP contribution is 2.33. The molecule has 2 unspecified atom stereocenters. The zero-order chi connectivity index (χ0) is 12.1. The van der Waals surface area contributed by atoms with Gasteiger partial charge in [-0.05, 0) is 43.4 Å². The smallest absolute Gasteiger partial charge is 0.122 e. The molecular formula is C14H23NO. The minimum atomic E-state index is 0.485. The van der Waals surface area contributed by atoms with Gasteiger partial charge in [0.05, 0.1) is 7.11 Å². The number of ether oxygens (including phenoxy) is 1. The Kier molecular flexibility index (Phi) is 4.81. The van der Waals surface area contributed by atoms with Crippen molar-refractivity contribution in [2.24, 2.45) is 11.7 Å². The molecule has 0 heterocycles. The molecule has 0 amide bonds. The van der Waals surface area contributed by atoms with Gasteiger partial charge in [-0.3, -0.25) is 0 Å². The molecule has 0 aliphatic rings. The Morgan fingerprint density at radius 2 is 2.00 bits per heavy atom. The number of nitrogens with two attached hydrogens (primary N) is 1. The van der Waals surface area contributed by atoms with Crippen LogP contribution in [0.5, 0.6) is 5.75 Å². The molecule has 2 heteroatoms. The van der Waals surface area contributed by atoms with Crippen LogP contribution in [0.2, 0.25) is 0 Å². The molecule has 0 bridgehead atoms. The number of methoxy groups -OCH3 is 1. The van der Waals surface area contributed by atoms with Gasteiger partial charge < -0.3 is 10.5 Å². The van der Waals surface area contributed by atoms with Crippen molar-refractivity contribution in [1.82, 2.24) is 0 Å². The Morgan fingerprint density at radius 1 is 1.31 bits per heavy atom.